The molecule has 0 spiro atoms. The summed E-state index contributed by atoms with van der Waals surface area (Å²) in [5, 5.41) is 34.3. The van der Waals surface area contributed by atoms with E-state index in [1.807, 2.05) is 24.3 Å². The smallest absolute Gasteiger partial charge is 0.270 e. The Bertz CT molecular complexity index is 1900. The third kappa shape index (κ3) is 8.34. The summed E-state index contributed by atoms with van der Waals surface area (Å²) in [4.78, 5) is 54.7. The minimum Gasteiger partial charge on any atom is -0.345 e. The topological polar surface area (TPSA) is 215 Å². The Morgan fingerprint density at radius 3 is 1.48 bits per heavy atom. The second-order valence-electron chi connectivity index (χ2n) is 12.5. The van der Waals surface area contributed by atoms with Crippen LogP contribution in [-0.2, 0) is 22.7 Å². The quantitative estimate of drug-likeness (QED) is 0.109. The zero-order chi connectivity index (χ0) is 35.9. The average molecular weight is 704 g/mol. The third-order valence-corrected chi connectivity index (χ3v) is 8.71. The van der Waals surface area contributed by atoms with Gasteiger partial charge in [-0.3, -0.25) is 19.2 Å². The van der Waals surface area contributed by atoms with Gasteiger partial charge in [0.1, 0.15) is 22.8 Å². The van der Waals surface area contributed by atoms with E-state index in [1.165, 1.54) is 12.1 Å². The van der Waals surface area contributed by atoms with E-state index in [0.717, 1.165) is 50.1 Å². The molecule has 2 aromatic carbocycles. The predicted molar refractivity (Wildman–Crippen MR) is 189 cm³/mol. The highest BCUT2D eigenvalue weighted by atomic mass is 16.2. The summed E-state index contributed by atoms with van der Waals surface area (Å²) in [6.45, 7) is 1.87. The lowest BCUT2D eigenvalue weighted by Gasteiger charge is -2.11. The Labute approximate surface area is 298 Å². The molecule has 0 saturated carbocycles. The van der Waals surface area contributed by atoms with Crippen molar-refractivity contribution in [2.75, 3.05) is 23.7 Å². The van der Waals surface area contributed by atoms with Crippen LogP contribution in [0.3, 0.4) is 0 Å². The van der Waals surface area contributed by atoms with E-state index in [0.29, 0.717) is 22.8 Å². The fraction of sp³-hybridized carbons (Fsp3) is 0.286. The van der Waals surface area contributed by atoms with Crippen LogP contribution in [0.2, 0.25) is 0 Å². The van der Waals surface area contributed by atoms with Gasteiger partial charge < -0.3 is 31.9 Å². The largest absolute Gasteiger partial charge is 0.345 e. The van der Waals surface area contributed by atoms with Crippen LogP contribution in [0.1, 0.15) is 58.0 Å². The van der Waals surface area contributed by atoms with Crippen molar-refractivity contribution >= 4 is 35.0 Å². The predicted octanol–water partition coefficient (Wildman–Crippen LogP) is 1.48. The first-order chi connectivity index (χ1) is 25.4. The highest BCUT2D eigenvalue weighted by Gasteiger charge is 2.23. The molecule has 2 fully saturated rings. The number of amides is 4. The molecular formula is C35H37N13O4. The van der Waals surface area contributed by atoms with Crippen LogP contribution in [0.4, 0.5) is 11.4 Å². The number of anilines is 2. The number of aromatic nitrogens is 7. The lowest BCUT2D eigenvalue weighted by Crippen LogP contribution is -2.35. The molecule has 6 N–H and O–H groups in total. The highest BCUT2D eigenvalue weighted by molar-refractivity contribution is 5.97. The van der Waals surface area contributed by atoms with Crippen molar-refractivity contribution in [3.63, 3.8) is 0 Å². The van der Waals surface area contributed by atoms with Gasteiger partial charge in [-0.05, 0) is 99.4 Å². The zero-order valence-corrected chi connectivity index (χ0v) is 28.1. The third-order valence-electron chi connectivity index (χ3n) is 8.71. The molecule has 17 nitrogen and oxygen atoms in total. The fourth-order valence-corrected chi connectivity index (χ4v) is 5.89. The highest BCUT2D eigenvalue weighted by Crippen LogP contribution is 2.17. The van der Waals surface area contributed by atoms with E-state index in [9.17, 15) is 19.2 Å². The summed E-state index contributed by atoms with van der Waals surface area (Å²) >= 11 is 0. The Hall–Kier alpha value is -6.33. The SMILES string of the molecule is O=C(NCc1cn(-c2ccc(NC(=O)[C@@H]3CCCN3)cc2)nn1)c1cccc(C(=O)NCc2cn(-c3ccc(NC(=O)[C@@H]4CCCN4)cc3)nn2)n1. The summed E-state index contributed by atoms with van der Waals surface area (Å²) in [5.74, 6) is -1.06. The van der Waals surface area contributed by atoms with Gasteiger partial charge in [-0.25, -0.2) is 14.3 Å². The lowest BCUT2D eigenvalue weighted by atomic mass is 10.2. The second-order valence-corrected chi connectivity index (χ2v) is 12.5. The van der Waals surface area contributed by atoms with E-state index in [-0.39, 0.29) is 48.4 Å². The minimum absolute atomic E-state index is 0.0498. The number of nitrogens with one attached hydrogen (secondary N) is 6. The van der Waals surface area contributed by atoms with Crippen LogP contribution in [0.15, 0.2) is 79.1 Å². The number of hydrogen-bond donors (Lipinski definition) is 6. The first-order valence-corrected chi connectivity index (χ1v) is 17.0. The van der Waals surface area contributed by atoms with Gasteiger partial charge in [0, 0.05) is 11.4 Å². The number of carbonyl (C=O) groups is 4. The molecule has 2 saturated heterocycles. The molecule has 266 valence electrons. The molecule has 17 heteroatoms. The summed E-state index contributed by atoms with van der Waals surface area (Å²) in [6, 6.07) is 18.7. The standard InChI is InChI=1S/C35H37N13O4/c49-32(38-18-24-20-47(45-43-24)26-12-8-22(9-13-26)40-34(51)28-6-2-16-36-28)30-4-1-5-31(42-30)33(50)39-19-25-21-48(46-44-25)27-14-10-23(11-15-27)41-35(52)29-7-3-17-37-29/h1,4-5,8-15,20-21,28-29,36-37H,2-3,6-7,16-19H2,(H,38,49)(H,39,50)(H,40,51)(H,41,52)/t28-,29-/m0/s1. The monoisotopic (exact) mass is 703 g/mol. The lowest BCUT2D eigenvalue weighted by molar-refractivity contribution is -0.118. The summed E-state index contributed by atoms with van der Waals surface area (Å²) in [7, 11) is 0. The van der Waals surface area contributed by atoms with E-state index in [1.54, 1.807) is 52.1 Å². The van der Waals surface area contributed by atoms with Crippen LogP contribution >= 0.6 is 0 Å². The minimum atomic E-state index is -0.482. The van der Waals surface area contributed by atoms with Crippen molar-refractivity contribution in [2.24, 2.45) is 0 Å². The van der Waals surface area contributed by atoms with Gasteiger partial charge in [-0.15, -0.1) is 10.2 Å². The van der Waals surface area contributed by atoms with Crippen molar-refractivity contribution < 1.29 is 19.2 Å². The first-order valence-electron chi connectivity index (χ1n) is 17.0. The molecule has 3 aromatic heterocycles. The summed E-state index contributed by atoms with van der Waals surface area (Å²) < 4.78 is 3.14. The van der Waals surface area contributed by atoms with Crippen LogP contribution < -0.4 is 31.9 Å². The van der Waals surface area contributed by atoms with Crippen molar-refractivity contribution in [1.82, 2.24) is 56.2 Å². The van der Waals surface area contributed by atoms with E-state index >= 15 is 0 Å². The molecule has 0 unspecified atom stereocenters. The Balaban J connectivity index is 0.875. The first kappa shape index (κ1) is 34.1. The molecular weight excluding hydrogens is 666 g/mol. The fourth-order valence-electron chi connectivity index (χ4n) is 5.89. The zero-order valence-electron chi connectivity index (χ0n) is 28.1. The average Bonchev–Trinajstić information content (AvgIpc) is 4.02. The van der Waals surface area contributed by atoms with Gasteiger partial charge in [0.25, 0.3) is 11.8 Å². The van der Waals surface area contributed by atoms with Gasteiger partial charge >= 0.3 is 0 Å². The molecule has 4 amide bonds. The number of hydrogen-bond acceptors (Lipinski definition) is 11. The number of pyridine rings is 1. The van der Waals surface area contributed by atoms with Gasteiger partial charge in [-0.2, -0.15) is 0 Å². The Morgan fingerprint density at radius 2 is 1.08 bits per heavy atom. The van der Waals surface area contributed by atoms with Gasteiger partial charge in [0.05, 0.1) is 48.9 Å². The summed E-state index contributed by atoms with van der Waals surface area (Å²) in [6.07, 6.45) is 7.00. The maximum atomic E-state index is 12.9. The maximum Gasteiger partial charge on any atom is 0.270 e. The van der Waals surface area contributed by atoms with Crippen molar-refractivity contribution in [2.45, 2.75) is 50.9 Å². The Kier molecular flexibility index (Phi) is 10.3. The molecule has 5 heterocycles. The second kappa shape index (κ2) is 15.7. The van der Waals surface area contributed by atoms with E-state index < -0.39 is 11.8 Å². The molecule has 2 aliphatic heterocycles. The molecule has 0 radical (unpaired) electrons. The molecule has 2 aliphatic rings. The van der Waals surface area contributed by atoms with Crippen molar-refractivity contribution in [3.05, 3.63) is 102 Å². The van der Waals surface area contributed by atoms with Crippen molar-refractivity contribution in [1.29, 1.82) is 0 Å². The normalized spacial score (nSPS) is 16.7. The maximum absolute atomic E-state index is 12.9. The van der Waals surface area contributed by atoms with Gasteiger partial charge in [0.15, 0.2) is 0 Å². The molecule has 2 atom stereocenters. The van der Waals surface area contributed by atoms with Gasteiger partial charge in [-0.1, -0.05) is 16.5 Å². The van der Waals surface area contributed by atoms with Gasteiger partial charge in [0.2, 0.25) is 11.8 Å². The molecule has 5 aromatic rings. The molecule has 0 bridgehead atoms. The van der Waals surface area contributed by atoms with Crippen LogP contribution in [0, 0.1) is 0 Å². The summed E-state index contributed by atoms with van der Waals surface area (Å²) in [5.41, 5.74) is 4.00. The molecule has 7 rings (SSSR count). The number of benzene rings is 2. The van der Waals surface area contributed by atoms with E-state index in [4.69, 9.17) is 0 Å². The number of carbonyl (C=O) groups excluding carboxylic acids is 4. The van der Waals surface area contributed by atoms with Crippen LogP contribution in [-0.4, -0.2) is 83.8 Å². The van der Waals surface area contributed by atoms with Crippen LogP contribution in [0.25, 0.3) is 11.4 Å². The van der Waals surface area contributed by atoms with Crippen LogP contribution in [0.5, 0.6) is 0 Å². The van der Waals surface area contributed by atoms with Crippen molar-refractivity contribution in [3.8, 4) is 11.4 Å². The number of rotatable bonds is 12. The van der Waals surface area contributed by atoms with E-state index in [2.05, 4.69) is 57.5 Å². The Morgan fingerprint density at radius 1 is 0.635 bits per heavy atom. The number of nitrogens with zero attached hydrogens (tertiary/aromatic N) is 7. The molecule has 0 aliphatic carbocycles. The molecule has 52 heavy (non-hydrogen) atoms.